The molecule has 0 spiro atoms. The van der Waals surface area contributed by atoms with Crippen molar-refractivity contribution in [1.29, 1.82) is 5.26 Å². The van der Waals surface area contributed by atoms with Crippen LogP contribution in [0.2, 0.25) is 5.02 Å². The molecule has 1 rings (SSSR count). The van der Waals surface area contributed by atoms with E-state index in [1.54, 1.807) is 6.07 Å². The third-order valence-electron chi connectivity index (χ3n) is 2.14. The van der Waals surface area contributed by atoms with Gasteiger partial charge in [0.15, 0.2) is 0 Å². The fourth-order valence-electron chi connectivity index (χ4n) is 1.25. The highest BCUT2D eigenvalue weighted by Crippen LogP contribution is 2.28. The first-order valence-corrected chi connectivity index (χ1v) is 4.47. The molecule has 1 aromatic rings. The van der Waals surface area contributed by atoms with Gasteiger partial charge in [0.25, 0.3) is 0 Å². The molecule has 2 N–H and O–H groups in total. The maximum Gasteiger partial charge on any atom is 0.101 e. The van der Waals surface area contributed by atoms with E-state index in [9.17, 15) is 0 Å². The number of hydrogen-bond donors (Lipinski definition) is 1. The van der Waals surface area contributed by atoms with Gasteiger partial charge in [0, 0.05) is 5.69 Å². The number of nitrogens with zero attached hydrogens (tertiary/aromatic N) is 1. The lowest BCUT2D eigenvalue weighted by atomic mass is 10.0. The Hall–Kier alpha value is -1.20. The first-order valence-electron chi connectivity index (χ1n) is 4.09. The SMILES string of the molecule is CCc1cc(C#N)c(Cl)c(C)c1N. The van der Waals surface area contributed by atoms with Gasteiger partial charge in [0.1, 0.15) is 6.07 Å². The summed E-state index contributed by atoms with van der Waals surface area (Å²) in [4.78, 5) is 0. The number of benzene rings is 1. The van der Waals surface area contributed by atoms with Crippen LogP contribution >= 0.6 is 11.6 Å². The number of aryl methyl sites for hydroxylation is 1. The van der Waals surface area contributed by atoms with Crippen molar-refractivity contribution in [3.8, 4) is 6.07 Å². The van der Waals surface area contributed by atoms with Crippen LogP contribution in [0.5, 0.6) is 0 Å². The van der Waals surface area contributed by atoms with E-state index in [0.717, 1.165) is 17.5 Å². The van der Waals surface area contributed by atoms with Crippen molar-refractivity contribution in [2.45, 2.75) is 20.3 Å². The first-order chi connectivity index (χ1) is 6.11. The average Bonchev–Trinajstić information content (AvgIpc) is 2.15. The number of nitrogens with two attached hydrogens (primary N) is 1. The van der Waals surface area contributed by atoms with E-state index in [1.807, 2.05) is 13.8 Å². The molecule has 0 fully saturated rings. The van der Waals surface area contributed by atoms with Crippen molar-refractivity contribution in [3.05, 3.63) is 27.8 Å². The predicted molar refractivity (Wildman–Crippen MR) is 54.7 cm³/mol. The summed E-state index contributed by atoms with van der Waals surface area (Å²) in [6.45, 7) is 3.83. The van der Waals surface area contributed by atoms with Crippen LogP contribution < -0.4 is 5.73 Å². The van der Waals surface area contributed by atoms with E-state index >= 15 is 0 Å². The first kappa shape index (κ1) is 9.88. The number of rotatable bonds is 1. The van der Waals surface area contributed by atoms with Crippen LogP contribution in [-0.4, -0.2) is 0 Å². The minimum absolute atomic E-state index is 0.470. The summed E-state index contributed by atoms with van der Waals surface area (Å²) in [7, 11) is 0. The molecule has 0 aliphatic heterocycles. The normalized spacial score (nSPS) is 9.69. The van der Waals surface area contributed by atoms with Gasteiger partial charge in [-0.3, -0.25) is 0 Å². The van der Waals surface area contributed by atoms with Gasteiger partial charge in [-0.1, -0.05) is 18.5 Å². The Labute approximate surface area is 82.9 Å². The van der Waals surface area contributed by atoms with Gasteiger partial charge in [0.05, 0.1) is 10.6 Å². The average molecular weight is 195 g/mol. The van der Waals surface area contributed by atoms with Crippen molar-refractivity contribution in [3.63, 3.8) is 0 Å². The number of hydrogen-bond acceptors (Lipinski definition) is 2. The minimum atomic E-state index is 0.470. The van der Waals surface area contributed by atoms with Crippen molar-refractivity contribution in [2.75, 3.05) is 5.73 Å². The predicted octanol–water partition coefficient (Wildman–Crippen LogP) is 2.66. The molecular formula is C10H11ClN2. The van der Waals surface area contributed by atoms with Crippen molar-refractivity contribution >= 4 is 17.3 Å². The van der Waals surface area contributed by atoms with Gasteiger partial charge in [-0.05, 0) is 30.5 Å². The van der Waals surface area contributed by atoms with E-state index in [0.29, 0.717) is 16.3 Å². The zero-order valence-electron chi connectivity index (χ0n) is 7.69. The lowest BCUT2D eigenvalue weighted by Crippen LogP contribution is -1.98. The van der Waals surface area contributed by atoms with Crippen molar-refractivity contribution in [1.82, 2.24) is 0 Å². The summed E-state index contributed by atoms with van der Waals surface area (Å²) in [6, 6.07) is 3.81. The summed E-state index contributed by atoms with van der Waals surface area (Å²) in [5.41, 5.74) is 8.82. The lowest BCUT2D eigenvalue weighted by Gasteiger charge is -2.09. The summed E-state index contributed by atoms with van der Waals surface area (Å²) in [6.07, 6.45) is 0.818. The maximum atomic E-state index is 8.78. The molecule has 0 saturated heterocycles. The molecular weight excluding hydrogens is 184 g/mol. The molecule has 0 aliphatic carbocycles. The standard InChI is InChI=1S/C10H11ClN2/c1-3-7-4-8(5-12)9(11)6(2)10(7)13/h4H,3,13H2,1-2H3. The molecule has 0 heterocycles. The Morgan fingerprint density at radius 3 is 2.69 bits per heavy atom. The van der Waals surface area contributed by atoms with Crippen molar-refractivity contribution in [2.24, 2.45) is 0 Å². The second-order valence-corrected chi connectivity index (χ2v) is 3.28. The van der Waals surface area contributed by atoms with Gasteiger partial charge in [-0.15, -0.1) is 0 Å². The monoisotopic (exact) mass is 194 g/mol. The third kappa shape index (κ3) is 1.61. The third-order valence-corrected chi connectivity index (χ3v) is 2.62. The van der Waals surface area contributed by atoms with E-state index < -0.39 is 0 Å². The van der Waals surface area contributed by atoms with E-state index in [2.05, 4.69) is 6.07 Å². The highest BCUT2D eigenvalue weighted by molar-refractivity contribution is 6.32. The second kappa shape index (κ2) is 3.68. The molecule has 0 amide bonds. The second-order valence-electron chi connectivity index (χ2n) is 2.90. The van der Waals surface area contributed by atoms with E-state index in [1.165, 1.54) is 0 Å². The topological polar surface area (TPSA) is 49.8 Å². The number of halogens is 1. The fraction of sp³-hybridized carbons (Fsp3) is 0.300. The highest BCUT2D eigenvalue weighted by atomic mass is 35.5. The van der Waals surface area contributed by atoms with Crippen LogP contribution in [0.4, 0.5) is 5.69 Å². The van der Waals surface area contributed by atoms with Gasteiger partial charge in [-0.25, -0.2) is 0 Å². The van der Waals surface area contributed by atoms with E-state index in [4.69, 9.17) is 22.6 Å². The molecule has 0 aromatic heterocycles. The van der Waals surface area contributed by atoms with Crippen LogP contribution in [0.3, 0.4) is 0 Å². The molecule has 2 nitrogen and oxygen atoms in total. The maximum absolute atomic E-state index is 8.78. The van der Waals surface area contributed by atoms with Crippen LogP contribution in [0.15, 0.2) is 6.07 Å². The molecule has 0 saturated carbocycles. The quantitative estimate of drug-likeness (QED) is 0.699. The zero-order chi connectivity index (χ0) is 10.0. The van der Waals surface area contributed by atoms with Crippen LogP contribution in [0.1, 0.15) is 23.6 Å². The largest absolute Gasteiger partial charge is 0.398 e. The molecule has 0 unspecified atom stereocenters. The van der Waals surface area contributed by atoms with Gasteiger partial charge in [-0.2, -0.15) is 5.26 Å². The van der Waals surface area contributed by atoms with Gasteiger partial charge < -0.3 is 5.73 Å². The molecule has 1 aromatic carbocycles. The van der Waals surface area contributed by atoms with Crippen LogP contribution in [0, 0.1) is 18.3 Å². The Kier molecular flexibility index (Phi) is 2.79. The highest BCUT2D eigenvalue weighted by Gasteiger charge is 2.09. The van der Waals surface area contributed by atoms with Crippen molar-refractivity contribution < 1.29 is 0 Å². The Morgan fingerprint density at radius 1 is 1.62 bits per heavy atom. The molecule has 3 heteroatoms. The molecule has 0 bridgehead atoms. The molecule has 68 valence electrons. The van der Waals surface area contributed by atoms with E-state index in [-0.39, 0.29) is 0 Å². The Balaban J connectivity index is 3.48. The molecule has 0 aliphatic rings. The zero-order valence-corrected chi connectivity index (χ0v) is 8.44. The minimum Gasteiger partial charge on any atom is -0.398 e. The lowest BCUT2D eigenvalue weighted by molar-refractivity contribution is 1.13. The summed E-state index contributed by atoms with van der Waals surface area (Å²) >= 11 is 5.93. The van der Waals surface area contributed by atoms with Crippen LogP contribution in [0.25, 0.3) is 0 Å². The fourth-order valence-corrected chi connectivity index (χ4v) is 1.45. The molecule has 0 radical (unpaired) electrons. The number of anilines is 1. The summed E-state index contributed by atoms with van der Waals surface area (Å²) in [5, 5.41) is 9.25. The summed E-state index contributed by atoms with van der Waals surface area (Å²) in [5.74, 6) is 0. The Morgan fingerprint density at radius 2 is 2.23 bits per heavy atom. The summed E-state index contributed by atoms with van der Waals surface area (Å²) < 4.78 is 0. The molecule has 13 heavy (non-hydrogen) atoms. The van der Waals surface area contributed by atoms with Gasteiger partial charge in [0.2, 0.25) is 0 Å². The molecule has 0 atom stereocenters. The van der Waals surface area contributed by atoms with Crippen LogP contribution in [-0.2, 0) is 6.42 Å². The van der Waals surface area contributed by atoms with Gasteiger partial charge >= 0.3 is 0 Å². The smallest absolute Gasteiger partial charge is 0.101 e. The Bertz CT molecular complexity index is 377. The number of nitriles is 1. The number of nitrogen functional groups attached to an aromatic ring is 1.